The molecule has 1 aromatic rings. The van der Waals surface area contributed by atoms with Crippen LogP contribution < -0.4 is 4.90 Å². The normalized spacial score (nSPS) is 28.1. The van der Waals surface area contributed by atoms with E-state index in [4.69, 9.17) is 11.6 Å². The molecule has 2 aliphatic heterocycles. The van der Waals surface area contributed by atoms with Gasteiger partial charge in [-0.3, -0.25) is 4.90 Å². The van der Waals surface area contributed by atoms with Gasteiger partial charge < -0.3 is 4.90 Å². The van der Waals surface area contributed by atoms with Crippen LogP contribution in [0, 0.1) is 0 Å². The minimum Gasteiger partial charge on any atom is -0.363 e. The minimum atomic E-state index is 0.667. The summed E-state index contributed by atoms with van der Waals surface area (Å²) in [5, 5.41) is 0.826. The van der Waals surface area contributed by atoms with E-state index in [1.165, 1.54) is 31.6 Å². The molecule has 98 valence electrons. The van der Waals surface area contributed by atoms with E-state index in [0.717, 1.165) is 5.02 Å². The molecule has 2 bridgehead atoms. The van der Waals surface area contributed by atoms with Crippen molar-refractivity contribution in [1.29, 1.82) is 0 Å². The van der Waals surface area contributed by atoms with Crippen molar-refractivity contribution >= 4 is 17.3 Å². The Hall–Kier alpha value is -0.730. The summed E-state index contributed by atoms with van der Waals surface area (Å²) >= 11 is 5.98. The van der Waals surface area contributed by atoms with Crippen LogP contribution in [0.3, 0.4) is 0 Å². The molecule has 2 fully saturated rings. The first-order valence-electron chi connectivity index (χ1n) is 6.93. The van der Waals surface area contributed by atoms with E-state index in [0.29, 0.717) is 18.1 Å². The van der Waals surface area contributed by atoms with Crippen molar-refractivity contribution < 1.29 is 0 Å². The molecule has 0 N–H and O–H groups in total. The highest BCUT2D eigenvalue weighted by molar-refractivity contribution is 6.30. The Bertz CT molecular complexity index is 401. The first-order chi connectivity index (χ1) is 8.65. The number of nitrogens with zero attached hydrogens (tertiary/aromatic N) is 2. The second-order valence-corrected chi connectivity index (χ2v) is 6.25. The molecular weight excluding hydrogens is 244 g/mol. The van der Waals surface area contributed by atoms with Crippen molar-refractivity contribution in [2.24, 2.45) is 0 Å². The van der Waals surface area contributed by atoms with E-state index in [-0.39, 0.29) is 0 Å². The molecule has 0 amide bonds. The SMILES string of the molecule is CC(C)N1CC2CCC(C1)N2c1ccc(Cl)cc1. The molecule has 0 spiro atoms. The van der Waals surface area contributed by atoms with Gasteiger partial charge in [0.25, 0.3) is 0 Å². The summed E-state index contributed by atoms with van der Waals surface area (Å²) in [7, 11) is 0. The van der Waals surface area contributed by atoms with E-state index < -0.39 is 0 Å². The molecule has 3 heteroatoms. The summed E-state index contributed by atoms with van der Waals surface area (Å²) in [6, 6.07) is 10.4. The van der Waals surface area contributed by atoms with Gasteiger partial charge in [-0.05, 0) is 51.0 Å². The zero-order chi connectivity index (χ0) is 12.7. The number of piperazine rings is 1. The number of hydrogen-bond acceptors (Lipinski definition) is 2. The van der Waals surface area contributed by atoms with E-state index >= 15 is 0 Å². The lowest BCUT2D eigenvalue weighted by Crippen LogP contribution is -2.55. The van der Waals surface area contributed by atoms with Gasteiger partial charge in [-0.25, -0.2) is 0 Å². The fourth-order valence-corrected chi connectivity index (χ4v) is 3.52. The van der Waals surface area contributed by atoms with Crippen molar-refractivity contribution in [3.8, 4) is 0 Å². The molecule has 3 rings (SSSR count). The fourth-order valence-electron chi connectivity index (χ4n) is 3.39. The predicted molar refractivity (Wildman–Crippen MR) is 77.5 cm³/mol. The molecule has 0 aromatic heterocycles. The lowest BCUT2D eigenvalue weighted by atomic mass is 10.1. The smallest absolute Gasteiger partial charge is 0.0421 e. The molecule has 2 saturated heterocycles. The van der Waals surface area contributed by atoms with Crippen LogP contribution in [0.25, 0.3) is 0 Å². The lowest BCUT2D eigenvalue weighted by Gasteiger charge is -2.44. The van der Waals surface area contributed by atoms with E-state index in [1.807, 2.05) is 12.1 Å². The molecule has 2 aliphatic rings. The van der Waals surface area contributed by atoms with Gasteiger partial charge in [-0.15, -0.1) is 0 Å². The second kappa shape index (κ2) is 4.75. The van der Waals surface area contributed by atoms with Gasteiger partial charge in [-0.1, -0.05) is 11.6 Å². The molecule has 2 atom stereocenters. The summed E-state index contributed by atoms with van der Waals surface area (Å²) in [6.45, 7) is 7.02. The van der Waals surface area contributed by atoms with E-state index in [2.05, 4.69) is 35.8 Å². The topological polar surface area (TPSA) is 6.48 Å². The van der Waals surface area contributed by atoms with Crippen LogP contribution in [-0.4, -0.2) is 36.1 Å². The molecule has 1 aromatic carbocycles. The molecule has 2 unspecified atom stereocenters. The monoisotopic (exact) mass is 264 g/mol. The van der Waals surface area contributed by atoms with Crippen LogP contribution in [0.15, 0.2) is 24.3 Å². The second-order valence-electron chi connectivity index (χ2n) is 5.82. The molecule has 0 saturated carbocycles. The summed E-state index contributed by atoms with van der Waals surface area (Å²) in [4.78, 5) is 5.24. The number of benzene rings is 1. The Morgan fingerprint density at radius 2 is 1.61 bits per heavy atom. The number of anilines is 1. The van der Waals surface area contributed by atoms with Crippen LogP contribution >= 0.6 is 11.6 Å². The maximum Gasteiger partial charge on any atom is 0.0421 e. The zero-order valence-corrected chi connectivity index (χ0v) is 11.9. The Morgan fingerprint density at radius 1 is 1.06 bits per heavy atom. The molecule has 0 radical (unpaired) electrons. The van der Waals surface area contributed by atoms with Crippen LogP contribution in [0.2, 0.25) is 5.02 Å². The van der Waals surface area contributed by atoms with E-state index in [1.54, 1.807) is 0 Å². The van der Waals surface area contributed by atoms with Crippen LogP contribution in [-0.2, 0) is 0 Å². The molecule has 18 heavy (non-hydrogen) atoms. The van der Waals surface area contributed by atoms with Gasteiger partial charge in [-0.2, -0.15) is 0 Å². The van der Waals surface area contributed by atoms with E-state index in [9.17, 15) is 0 Å². The van der Waals surface area contributed by atoms with Gasteiger partial charge >= 0.3 is 0 Å². The number of fused-ring (bicyclic) bond motifs is 2. The fraction of sp³-hybridized carbons (Fsp3) is 0.600. The molecule has 0 aliphatic carbocycles. The first kappa shape index (κ1) is 12.3. The Balaban J connectivity index is 1.81. The minimum absolute atomic E-state index is 0.667. The van der Waals surface area contributed by atoms with Crippen molar-refractivity contribution in [2.45, 2.75) is 44.8 Å². The third-order valence-corrected chi connectivity index (χ3v) is 4.62. The highest BCUT2D eigenvalue weighted by Gasteiger charge is 2.40. The molecule has 2 heterocycles. The Labute approximate surface area is 115 Å². The average Bonchev–Trinajstić information content (AvgIpc) is 2.61. The van der Waals surface area contributed by atoms with Crippen LogP contribution in [0.5, 0.6) is 0 Å². The standard InChI is InChI=1S/C15H21ClN2/c1-11(2)17-9-14-7-8-15(10-17)18(14)13-5-3-12(16)4-6-13/h3-6,11,14-15H,7-10H2,1-2H3. The first-order valence-corrected chi connectivity index (χ1v) is 7.31. The number of halogens is 1. The molecular formula is C15H21ClN2. The Morgan fingerprint density at radius 3 is 2.11 bits per heavy atom. The summed E-state index contributed by atoms with van der Waals surface area (Å²) in [5.74, 6) is 0. The summed E-state index contributed by atoms with van der Waals surface area (Å²) in [5.41, 5.74) is 1.34. The van der Waals surface area contributed by atoms with Crippen LogP contribution in [0.4, 0.5) is 5.69 Å². The van der Waals surface area contributed by atoms with Gasteiger partial charge in [0, 0.05) is 41.9 Å². The average molecular weight is 265 g/mol. The summed E-state index contributed by atoms with van der Waals surface area (Å²) in [6.07, 6.45) is 2.66. The van der Waals surface area contributed by atoms with Gasteiger partial charge in [0.2, 0.25) is 0 Å². The quantitative estimate of drug-likeness (QED) is 0.808. The highest BCUT2D eigenvalue weighted by atomic mass is 35.5. The van der Waals surface area contributed by atoms with Gasteiger partial charge in [0.15, 0.2) is 0 Å². The third kappa shape index (κ3) is 2.12. The Kier molecular flexibility index (Phi) is 3.25. The highest BCUT2D eigenvalue weighted by Crippen LogP contribution is 2.35. The van der Waals surface area contributed by atoms with Gasteiger partial charge in [0.05, 0.1) is 0 Å². The van der Waals surface area contributed by atoms with Crippen molar-refractivity contribution in [3.63, 3.8) is 0 Å². The number of hydrogen-bond donors (Lipinski definition) is 0. The predicted octanol–water partition coefficient (Wildman–Crippen LogP) is 3.40. The molecule has 2 nitrogen and oxygen atoms in total. The van der Waals surface area contributed by atoms with Crippen molar-refractivity contribution in [3.05, 3.63) is 29.3 Å². The number of rotatable bonds is 2. The number of likely N-dealkylation sites (tertiary alicyclic amines) is 1. The zero-order valence-electron chi connectivity index (χ0n) is 11.1. The lowest BCUT2D eigenvalue weighted by molar-refractivity contribution is 0.177. The maximum absolute atomic E-state index is 5.98. The maximum atomic E-state index is 5.98. The summed E-state index contributed by atoms with van der Waals surface area (Å²) < 4.78 is 0. The third-order valence-electron chi connectivity index (χ3n) is 4.37. The largest absolute Gasteiger partial charge is 0.363 e. The van der Waals surface area contributed by atoms with Crippen molar-refractivity contribution in [1.82, 2.24) is 4.90 Å². The van der Waals surface area contributed by atoms with Crippen LogP contribution in [0.1, 0.15) is 26.7 Å². The van der Waals surface area contributed by atoms with Gasteiger partial charge in [0.1, 0.15) is 0 Å². The van der Waals surface area contributed by atoms with Crippen molar-refractivity contribution in [2.75, 3.05) is 18.0 Å².